The number of rotatable bonds is 23. The van der Waals surface area contributed by atoms with Crippen LogP contribution in [0.15, 0.2) is 107 Å². The predicted octanol–water partition coefficient (Wildman–Crippen LogP) is 9.33. The van der Waals surface area contributed by atoms with Crippen molar-refractivity contribution in [1.82, 2.24) is 4.90 Å². The first-order valence-corrected chi connectivity index (χ1v) is 22.5. The summed E-state index contributed by atoms with van der Waals surface area (Å²) in [5, 5.41) is 35.9. The van der Waals surface area contributed by atoms with Crippen molar-refractivity contribution in [3.8, 4) is 17.2 Å². The van der Waals surface area contributed by atoms with E-state index in [9.17, 15) is 25.1 Å². The van der Waals surface area contributed by atoms with Crippen molar-refractivity contribution < 1.29 is 43.7 Å². The molecule has 0 aromatic heterocycles. The first-order valence-electron chi connectivity index (χ1n) is 21.5. The zero-order valence-electron chi connectivity index (χ0n) is 35.2. The lowest BCUT2D eigenvalue weighted by molar-refractivity contribution is -0.384. The van der Waals surface area contributed by atoms with Gasteiger partial charge in [-0.2, -0.15) is 0 Å². The van der Waals surface area contributed by atoms with Gasteiger partial charge in [0, 0.05) is 60.4 Å². The minimum Gasteiger partial charge on any atom is -0.493 e. The minimum atomic E-state index is -1.45. The molecular weight excluding hydrogens is 799 g/mol. The van der Waals surface area contributed by atoms with E-state index in [1.807, 2.05) is 44.2 Å². The summed E-state index contributed by atoms with van der Waals surface area (Å²) in [6.07, 6.45) is 8.68. The van der Waals surface area contributed by atoms with E-state index in [0.717, 1.165) is 42.6 Å². The second-order valence-corrected chi connectivity index (χ2v) is 16.7. The van der Waals surface area contributed by atoms with Crippen LogP contribution in [0.25, 0.3) is 0 Å². The van der Waals surface area contributed by atoms with E-state index in [2.05, 4.69) is 30.9 Å². The second-order valence-electron chi connectivity index (χ2n) is 15.5. The number of ether oxygens (including phenoxy) is 4. The predicted molar refractivity (Wildman–Crippen MR) is 235 cm³/mol. The SMILES string of the molecule is C=CCOC12Oc3ccc(OCCSc4ccccc4)cc3C3C(CCCCO)C(CCCCO)C=C(C(=NOCC)CC1N(CCC)C(=O)Oc1ccc([N+](=O)[O-])cc1)C32. The number of allylic oxidation sites excluding steroid dienone is 1. The number of thioether (sulfide) groups is 1. The fourth-order valence-electron chi connectivity index (χ4n) is 9.13. The highest BCUT2D eigenvalue weighted by Crippen LogP contribution is 2.62. The Balaban J connectivity index is 1.49. The van der Waals surface area contributed by atoms with Gasteiger partial charge in [0.1, 0.15) is 29.9 Å². The number of hydrogen-bond donors (Lipinski definition) is 2. The number of non-ortho nitro benzene ring substituents is 1. The molecule has 1 saturated carbocycles. The van der Waals surface area contributed by atoms with Crippen LogP contribution in [-0.2, 0) is 9.57 Å². The molecule has 3 aliphatic rings. The Bertz CT molecular complexity index is 1980. The number of hydrogen-bond acceptors (Lipinski definition) is 12. The van der Waals surface area contributed by atoms with Crippen molar-refractivity contribution in [2.24, 2.45) is 22.9 Å². The maximum absolute atomic E-state index is 14.5. The Morgan fingerprint density at radius 2 is 1.77 bits per heavy atom. The molecule has 6 unspecified atom stereocenters. The molecule has 6 rings (SSSR count). The minimum absolute atomic E-state index is 0.0519. The van der Waals surface area contributed by atoms with Crippen molar-refractivity contribution in [3.63, 3.8) is 0 Å². The first-order chi connectivity index (χ1) is 29.8. The van der Waals surface area contributed by atoms with Crippen LogP contribution in [-0.4, -0.2) is 89.0 Å². The van der Waals surface area contributed by atoms with Gasteiger partial charge in [-0.1, -0.05) is 55.3 Å². The van der Waals surface area contributed by atoms with Crippen LogP contribution in [0.2, 0.25) is 0 Å². The molecule has 1 aliphatic heterocycles. The summed E-state index contributed by atoms with van der Waals surface area (Å²) in [6, 6.07) is 20.8. The molecule has 1 amide bonds. The van der Waals surface area contributed by atoms with Gasteiger partial charge in [0.25, 0.3) is 5.69 Å². The molecule has 3 aromatic rings. The van der Waals surface area contributed by atoms with Crippen LogP contribution < -0.4 is 14.2 Å². The number of amides is 1. The number of carbonyl (C=O) groups is 1. The number of nitro groups is 1. The summed E-state index contributed by atoms with van der Waals surface area (Å²) in [5.41, 5.74) is 2.46. The van der Waals surface area contributed by atoms with Gasteiger partial charge in [0.15, 0.2) is 0 Å². The van der Waals surface area contributed by atoms with E-state index in [-0.39, 0.29) is 62.0 Å². The highest BCUT2D eigenvalue weighted by Gasteiger charge is 2.65. The standard InChI is InChI=1S/C47H59N3O10S/c1-4-24-49(46(53)59-35-20-18-34(19-21-35)50(54)55)43-32-41(48-58-6-3)39-30-33(14-10-12-25-51)38(17-11-13-26-52)44-40-31-36(56-28-29-61-37-15-8-7-9-16-37)22-23-42(40)60-47(43,45(39)44)57-27-5-2/h5,7-9,15-16,18-23,30-31,33,38,43-45,51-52H,2,4,6,10-14,17,24-29,32H2,1,3H3. The van der Waals surface area contributed by atoms with E-state index < -0.39 is 28.8 Å². The Morgan fingerprint density at radius 3 is 2.46 bits per heavy atom. The molecular formula is C47H59N3O10S. The van der Waals surface area contributed by atoms with Gasteiger partial charge in [0.2, 0.25) is 5.79 Å². The topological polar surface area (TPSA) is 162 Å². The molecule has 328 valence electrons. The molecule has 3 aromatic carbocycles. The normalized spacial score (nSPS) is 23.2. The van der Waals surface area contributed by atoms with Crippen molar-refractivity contribution in [2.45, 2.75) is 87.9 Å². The van der Waals surface area contributed by atoms with E-state index in [1.54, 1.807) is 22.7 Å². The van der Waals surface area contributed by atoms with Crippen molar-refractivity contribution >= 4 is 29.3 Å². The van der Waals surface area contributed by atoms with Gasteiger partial charge in [-0.15, -0.1) is 18.3 Å². The van der Waals surface area contributed by atoms with Crippen LogP contribution in [0.1, 0.15) is 76.7 Å². The average molecular weight is 858 g/mol. The zero-order valence-corrected chi connectivity index (χ0v) is 36.0. The smallest absolute Gasteiger partial charge is 0.415 e. The van der Waals surface area contributed by atoms with Gasteiger partial charge in [0.05, 0.1) is 29.8 Å². The molecule has 13 nitrogen and oxygen atoms in total. The van der Waals surface area contributed by atoms with E-state index in [4.69, 9.17) is 28.9 Å². The maximum Gasteiger partial charge on any atom is 0.415 e. The lowest BCUT2D eigenvalue weighted by Crippen LogP contribution is -2.70. The average Bonchev–Trinajstić information content (AvgIpc) is 3.27. The van der Waals surface area contributed by atoms with Crippen LogP contribution in [0.5, 0.6) is 17.2 Å². The molecule has 1 heterocycles. The number of fused-ring (bicyclic) bond motifs is 2. The third-order valence-corrected chi connectivity index (χ3v) is 12.6. The van der Waals surface area contributed by atoms with Crippen molar-refractivity contribution in [3.05, 3.63) is 113 Å². The Kier molecular flexibility index (Phi) is 16.7. The van der Waals surface area contributed by atoms with Gasteiger partial charge in [-0.05, 0) is 98.9 Å². The van der Waals surface area contributed by atoms with Gasteiger partial charge in [-0.3, -0.25) is 15.0 Å². The number of nitrogens with zero attached hydrogens (tertiary/aromatic N) is 3. The Hall–Kier alpha value is -4.89. The van der Waals surface area contributed by atoms with Crippen LogP contribution in [0.4, 0.5) is 10.5 Å². The Labute approximate surface area is 362 Å². The molecule has 61 heavy (non-hydrogen) atoms. The summed E-state index contributed by atoms with van der Waals surface area (Å²) >= 11 is 1.73. The third kappa shape index (κ3) is 10.8. The molecule has 14 heteroatoms. The summed E-state index contributed by atoms with van der Waals surface area (Å²) < 4.78 is 26.7. The molecule has 0 bridgehead atoms. The molecule has 2 aliphatic carbocycles. The summed E-state index contributed by atoms with van der Waals surface area (Å²) in [6.45, 7) is 9.25. The molecule has 0 saturated heterocycles. The summed E-state index contributed by atoms with van der Waals surface area (Å²) in [4.78, 5) is 34.0. The first kappa shape index (κ1) is 45.6. The van der Waals surface area contributed by atoms with Gasteiger partial charge < -0.3 is 34.0 Å². The van der Waals surface area contributed by atoms with Crippen molar-refractivity contribution in [1.29, 1.82) is 0 Å². The monoisotopic (exact) mass is 857 g/mol. The maximum atomic E-state index is 14.5. The fraction of sp³-hybridized carbons (Fsp3) is 0.489. The molecule has 6 atom stereocenters. The van der Waals surface area contributed by atoms with E-state index in [1.165, 1.54) is 29.2 Å². The quantitative estimate of drug-likeness (QED) is 0.0307. The van der Waals surface area contributed by atoms with Crippen LogP contribution in [0, 0.1) is 27.9 Å². The second kappa shape index (κ2) is 22.3. The van der Waals surface area contributed by atoms with Crippen LogP contribution in [0.3, 0.4) is 0 Å². The van der Waals surface area contributed by atoms with Crippen molar-refractivity contribution in [2.75, 3.05) is 45.3 Å². The number of unbranched alkanes of at least 4 members (excludes halogenated alkanes) is 2. The number of oxime groups is 1. The lowest BCUT2D eigenvalue weighted by Gasteiger charge is -2.59. The molecule has 0 spiro atoms. The van der Waals surface area contributed by atoms with Gasteiger partial charge in [-0.25, -0.2) is 4.79 Å². The summed E-state index contributed by atoms with van der Waals surface area (Å²) in [5.74, 6) is 0.239. The van der Waals surface area contributed by atoms with E-state index >= 15 is 0 Å². The number of benzene rings is 3. The third-order valence-electron chi connectivity index (χ3n) is 11.6. The van der Waals surface area contributed by atoms with Crippen LogP contribution >= 0.6 is 11.8 Å². The number of aliphatic hydroxyl groups is 2. The summed E-state index contributed by atoms with van der Waals surface area (Å²) in [7, 11) is 0. The number of aliphatic hydroxyl groups excluding tert-OH is 2. The lowest BCUT2D eigenvalue weighted by atomic mass is 9.55. The van der Waals surface area contributed by atoms with E-state index in [0.29, 0.717) is 49.7 Å². The highest BCUT2D eigenvalue weighted by molar-refractivity contribution is 7.99. The highest BCUT2D eigenvalue weighted by atomic mass is 32.2. The largest absolute Gasteiger partial charge is 0.493 e. The number of carbonyl (C=O) groups excluding carboxylic acids is 1. The fourth-order valence-corrected chi connectivity index (χ4v) is 9.88. The Morgan fingerprint density at radius 1 is 1.03 bits per heavy atom. The molecule has 2 N–H and O–H groups in total. The van der Waals surface area contributed by atoms with Gasteiger partial charge >= 0.3 is 6.09 Å². The molecule has 0 radical (unpaired) electrons. The zero-order chi connectivity index (χ0) is 43.2. The number of nitro benzene ring substituents is 1. The molecule has 1 fully saturated rings.